The van der Waals surface area contributed by atoms with E-state index in [1.807, 2.05) is 0 Å². The van der Waals surface area contributed by atoms with E-state index in [4.69, 9.17) is 4.74 Å². The van der Waals surface area contributed by atoms with Crippen molar-refractivity contribution in [2.75, 3.05) is 6.61 Å². The van der Waals surface area contributed by atoms with Crippen molar-refractivity contribution in [3.8, 4) is 0 Å². The van der Waals surface area contributed by atoms with Gasteiger partial charge in [-0.05, 0) is 93.8 Å². The third-order valence-corrected chi connectivity index (χ3v) is 8.11. The molecule has 4 saturated carbocycles. The lowest BCUT2D eigenvalue weighted by molar-refractivity contribution is -0.411. The second-order valence-corrected chi connectivity index (χ2v) is 9.31. The second kappa shape index (κ2) is 6.76. The van der Waals surface area contributed by atoms with E-state index >= 15 is 0 Å². The molecule has 0 heterocycles. The summed E-state index contributed by atoms with van der Waals surface area (Å²) in [4.78, 5) is 0. The standard InChI is InChI=1S/C20H28F6O2/c1-3-27-10(2)28-18(19(21,22)23,20(24,25)26)9-14-7-13-8-15(14)17-12-5-4-11(6-12)16(13)17/h10-17H,3-9H2,1-2H3. The Labute approximate surface area is 161 Å². The molecule has 4 rings (SSSR count). The van der Waals surface area contributed by atoms with Crippen LogP contribution in [-0.2, 0) is 9.47 Å². The quantitative estimate of drug-likeness (QED) is 0.303. The molecule has 4 bridgehead atoms. The van der Waals surface area contributed by atoms with E-state index in [9.17, 15) is 26.3 Å². The summed E-state index contributed by atoms with van der Waals surface area (Å²) in [5, 5.41) is 0. The summed E-state index contributed by atoms with van der Waals surface area (Å²) in [7, 11) is 0. The highest BCUT2D eigenvalue weighted by atomic mass is 19.4. The molecule has 4 fully saturated rings. The van der Waals surface area contributed by atoms with Crippen LogP contribution < -0.4 is 0 Å². The third-order valence-electron chi connectivity index (χ3n) is 8.11. The minimum Gasteiger partial charge on any atom is -0.353 e. The molecule has 4 aliphatic rings. The van der Waals surface area contributed by atoms with E-state index in [0.29, 0.717) is 36.0 Å². The van der Waals surface area contributed by atoms with Crippen molar-refractivity contribution < 1.29 is 35.8 Å². The van der Waals surface area contributed by atoms with Gasteiger partial charge in [-0.15, -0.1) is 0 Å². The summed E-state index contributed by atoms with van der Waals surface area (Å²) in [6, 6.07) is 0. The van der Waals surface area contributed by atoms with Crippen molar-refractivity contribution in [2.45, 2.75) is 76.6 Å². The van der Waals surface area contributed by atoms with E-state index in [1.54, 1.807) is 0 Å². The molecule has 0 N–H and O–H groups in total. The number of hydrogen-bond acceptors (Lipinski definition) is 2. The molecule has 0 amide bonds. The first-order valence-electron chi connectivity index (χ1n) is 10.4. The van der Waals surface area contributed by atoms with Gasteiger partial charge in [-0.3, -0.25) is 0 Å². The molecule has 4 aliphatic carbocycles. The second-order valence-electron chi connectivity index (χ2n) is 9.31. The molecule has 0 aromatic rings. The predicted molar refractivity (Wildman–Crippen MR) is 89.1 cm³/mol. The van der Waals surface area contributed by atoms with Crippen LogP contribution in [-0.4, -0.2) is 30.9 Å². The Morgan fingerprint density at radius 3 is 2.04 bits per heavy atom. The number of ether oxygens (including phenoxy) is 2. The highest BCUT2D eigenvalue weighted by Crippen LogP contribution is 2.70. The SMILES string of the molecule is CCOC(C)OC(CC1CC2CC1C1C3CCC(C3)C21)(C(F)(F)F)C(F)(F)F. The summed E-state index contributed by atoms with van der Waals surface area (Å²) in [5.74, 6) is 1.68. The van der Waals surface area contributed by atoms with Crippen molar-refractivity contribution in [3.63, 3.8) is 0 Å². The maximum absolute atomic E-state index is 13.9. The van der Waals surface area contributed by atoms with Crippen LogP contribution in [0.25, 0.3) is 0 Å². The van der Waals surface area contributed by atoms with Crippen LogP contribution in [0.1, 0.15) is 52.4 Å². The molecule has 0 aromatic heterocycles. The Balaban J connectivity index is 1.60. The van der Waals surface area contributed by atoms with Gasteiger partial charge in [-0.1, -0.05) is 0 Å². The Kier molecular flexibility index (Phi) is 5.01. The summed E-state index contributed by atoms with van der Waals surface area (Å²) in [6.45, 7) is 2.59. The number of halogens is 6. The van der Waals surface area contributed by atoms with Crippen LogP contribution in [0.2, 0.25) is 0 Å². The monoisotopic (exact) mass is 414 g/mol. The van der Waals surface area contributed by atoms with Crippen molar-refractivity contribution in [2.24, 2.45) is 41.4 Å². The lowest BCUT2D eigenvalue weighted by Gasteiger charge is -2.44. The average Bonchev–Trinajstić information content (AvgIpc) is 3.31. The van der Waals surface area contributed by atoms with Gasteiger partial charge in [-0.25, -0.2) is 0 Å². The van der Waals surface area contributed by atoms with E-state index in [-0.39, 0.29) is 12.5 Å². The molecule has 0 aromatic carbocycles. The van der Waals surface area contributed by atoms with Gasteiger partial charge in [0.1, 0.15) is 0 Å². The van der Waals surface area contributed by atoms with E-state index < -0.39 is 36.6 Å². The zero-order chi connectivity index (χ0) is 20.5. The summed E-state index contributed by atoms with van der Waals surface area (Å²) in [6.07, 6.45) is -9.07. The van der Waals surface area contributed by atoms with Crippen LogP contribution in [0.4, 0.5) is 26.3 Å². The Morgan fingerprint density at radius 1 is 0.857 bits per heavy atom. The molecule has 8 unspecified atom stereocenters. The average molecular weight is 414 g/mol. The maximum Gasteiger partial charge on any atom is 0.426 e. The zero-order valence-corrected chi connectivity index (χ0v) is 16.2. The lowest BCUT2D eigenvalue weighted by atomic mass is 9.65. The van der Waals surface area contributed by atoms with Crippen molar-refractivity contribution in [3.05, 3.63) is 0 Å². The van der Waals surface area contributed by atoms with E-state index in [0.717, 1.165) is 26.2 Å². The normalized spacial score (nSPS) is 40.9. The van der Waals surface area contributed by atoms with Crippen molar-refractivity contribution in [1.82, 2.24) is 0 Å². The minimum atomic E-state index is -5.55. The van der Waals surface area contributed by atoms with Crippen LogP contribution in [0.3, 0.4) is 0 Å². The van der Waals surface area contributed by atoms with Gasteiger partial charge >= 0.3 is 12.4 Å². The molecule has 8 heteroatoms. The van der Waals surface area contributed by atoms with E-state index in [2.05, 4.69) is 4.74 Å². The van der Waals surface area contributed by atoms with Crippen molar-refractivity contribution in [1.29, 1.82) is 0 Å². The third kappa shape index (κ3) is 2.99. The zero-order valence-electron chi connectivity index (χ0n) is 16.2. The van der Waals surface area contributed by atoms with Gasteiger partial charge in [-0.2, -0.15) is 26.3 Å². The number of alkyl halides is 6. The lowest BCUT2D eigenvalue weighted by Crippen LogP contribution is -2.61. The highest BCUT2D eigenvalue weighted by Gasteiger charge is 2.74. The summed E-state index contributed by atoms with van der Waals surface area (Å²) < 4.78 is 92.9. The first-order chi connectivity index (χ1) is 13.0. The van der Waals surface area contributed by atoms with Crippen LogP contribution >= 0.6 is 0 Å². The smallest absolute Gasteiger partial charge is 0.353 e. The predicted octanol–water partition coefficient (Wildman–Crippen LogP) is 5.96. The largest absolute Gasteiger partial charge is 0.426 e. The molecular formula is C20H28F6O2. The summed E-state index contributed by atoms with van der Waals surface area (Å²) >= 11 is 0. The topological polar surface area (TPSA) is 18.5 Å². The minimum absolute atomic E-state index is 0.0199. The summed E-state index contributed by atoms with van der Waals surface area (Å²) in [5.41, 5.74) is -4.17. The molecule has 0 spiro atoms. The Morgan fingerprint density at radius 2 is 1.46 bits per heavy atom. The van der Waals surface area contributed by atoms with Gasteiger partial charge in [0, 0.05) is 6.61 Å². The van der Waals surface area contributed by atoms with Crippen LogP contribution in [0, 0.1) is 41.4 Å². The fourth-order valence-corrected chi connectivity index (χ4v) is 7.43. The molecule has 0 aliphatic heterocycles. The van der Waals surface area contributed by atoms with Gasteiger partial charge in [0.2, 0.25) is 0 Å². The molecule has 2 nitrogen and oxygen atoms in total. The fourth-order valence-electron chi connectivity index (χ4n) is 7.43. The van der Waals surface area contributed by atoms with Gasteiger partial charge in [0.15, 0.2) is 6.29 Å². The highest BCUT2D eigenvalue weighted by molar-refractivity contribution is 5.12. The van der Waals surface area contributed by atoms with Crippen LogP contribution in [0.5, 0.6) is 0 Å². The number of hydrogen-bond donors (Lipinski definition) is 0. The first-order valence-corrected chi connectivity index (χ1v) is 10.4. The molecule has 0 radical (unpaired) electrons. The van der Waals surface area contributed by atoms with Gasteiger partial charge in [0.05, 0.1) is 0 Å². The molecule has 162 valence electrons. The molecular weight excluding hydrogens is 386 g/mol. The molecule has 8 atom stereocenters. The molecule has 0 saturated heterocycles. The fraction of sp³-hybridized carbons (Fsp3) is 1.00. The van der Waals surface area contributed by atoms with Gasteiger partial charge in [0.25, 0.3) is 5.60 Å². The number of fused-ring (bicyclic) bond motifs is 9. The number of rotatable bonds is 6. The van der Waals surface area contributed by atoms with E-state index in [1.165, 1.54) is 13.3 Å². The first kappa shape index (κ1) is 20.8. The van der Waals surface area contributed by atoms with Gasteiger partial charge < -0.3 is 9.47 Å². The van der Waals surface area contributed by atoms with Crippen LogP contribution in [0.15, 0.2) is 0 Å². The van der Waals surface area contributed by atoms with Crippen molar-refractivity contribution >= 4 is 0 Å². The Bertz CT molecular complexity index is 574. The Hall–Kier alpha value is -0.500. The molecule has 28 heavy (non-hydrogen) atoms. The maximum atomic E-state index is 13.9.